The van der Waals surface area contributed by atoms with Gasteiger partial charge in [-0.05, 0) is 38.7 Å². The molecule has 2 rings (SSSR count). The Morgan fingerprint density at radius 2 is 1.75 bits per heavy atom. The van der Waals surface area contributed by atoms with Crippen LogP contribution in [0.25, 0.3) is 0 Å². The van der Waals surface area contributed by atoms with Crippen LogP contribution in [0.4, 0.5) is 5.69 Å². The second-order valence-corrected chi connectivity index (χ2v) is 5.94. The summed E-state index contributed by atoms with van der Waals surface area (Å²) >= 11 is 0. The molecule has 1 aromatic rings. The van der Waals surface area contributed by atoms with Crippen molar-refractivity contribution in [3.05, 3.63) is 33.9 Å². The Hall–Kier alpha value is -1.44. The van der Waals surface area contributed by atoms with Crippen LogP contribution in [0.3, 0.4) is 0 Å². The van der Waals surface area contributed by atoms with Crippen molar-refractivity contribution in [2.75, 3.05) is 0 Å². The first-order chi connectivity index (χ1) is 9.16. The van der Waals surface area contributed by atoms with E-state index in [-0.39, 0.29) is 12.3 Å². The van der Waals surface area contributed by atoms with Crippen LogP contribution in [0.1, 0.15) is 33.3 Å². The molecule has 20 heavy (non-hydrogen) atoms. The summed E-state index contributed by atoms with van der Waals surface area (Å²) in [6, 6.07) is 4.42. The third kappa shape index (κ3) is 2.56. The third-order valence-corrected chi connectivity index (χ3v) is 3.92. The molecule has 0 bridgehead atoms. The molecule has 0 saturated carbocycles. The summed E-state index contributed by atoms with van der Waals surface area (Å²) in [5.74, 6) is 0. The highest BCUT2D eigenvalue weighted by molar-refractivity contribution is 6.62. The maximum Gasteiger partial charge on any atom is 0.495 e. The van der Waals surface area contributed by atoms with Crippen LogP contribution in [0.5, 0.6) is 0 Å². The number of aliphatic hydroxyl groups is 1. The molecule has 1 aromatic carbocycles. The molecular weight excluding hydrogens is 261 g/mol. The number of nitrogens with zero attached hydrogens (tertiary/aromatic N) is 1. The molecule has 0 radical (unpaired) electrons. The van der Waals surface area contributed by atoms with Crippen molar-refractivity contribution in [1.29, 1.82) is 0 Å². The zero-order valence-corrected chi connectivity index (χ0v) is 12.0. The van der Waals surface area contributed by atoms with Gasteiger partial charge in [0.1, 0.15) is 0 Å². The molecule has 1 saturated heterocycles. The zero-order chi connectivity index (χ0) is 15.1. The van der Waals surface area contributed by atoms with Crippen molar-refractivity contribution in [3.63, 3.8) is 0 Å². The molecule has 0 aromatic heterocycles. The number of benzene rings is 1. The predicted octanol–water partition coefficient (Wildman–Crippen LogP) is 1.39. The molecule has 1 aliphatic rings. The highest BCUT2D eigenvalue weighted by Crippen LogP contribution is 2.36. The summed E-state index contributed by atoms with van der Waals surface area (Å²) in [7, 11) is -0.676. The first-order valence-electron chi connectivity index (χ1n) is 6.41. The van der Waals surface area contributed by atoms with Crippen molar-refractivity contribution in [1.82, 2.24) is 0 Å². The van der Waals surface area contributed by atoms with Gasteiger partial charge in [-0.3, -0.25) is 10.1 Å². The Bertz CT molecular complexity index is 528. The number of nitro groups is 1. The van der Waals surface area contributed by atoms with Crippen LogP contribution in [-0.2, 0) is 15.9 Å². The Balaban J connectivity index is 2.39. The number of nitro benzene ring substituents is 1. The van der Waals surface area contributed by atoms with Gasteiger partial charge < -0.3 is 14.4 Å². The summed E-state index contributed by atoms with van der Waals surface area (Å²) in [5.41, 5.74) is -0.101. The van der Waals surface area contributed by atoms with Crippen molar-refractivity contribution in [2.24, 2.45) is 0 Å². The summed E-state index contributed by atoms with van der Waals surface area (Å²) in [6.45, 7) is 7.39. The molecule has 1 fully saturated rings. The van der Waals surface area contributed by atoms with E-state index in [1.165, 1.54) is 12.1 Å². The Morgan fingerprint density at radius 1 is 1.20 bits per heavy atom. The van der Waals surface area contributed by atoms with Crippen LogP contribution < -0.4 is 5.46 Å². The maximum atomic E-state index is 10.9. The lowest BCUT2D eigenvalue weighted by molar-refractivity contribution is -0.384. The van der Waals surface area contributed by atoms with E-state index in [1.54, 1.807) is 6.07 Å². The number of rotatable bonds is 3. The smallest absolute Gasteiger partial charge is 0.399 e. The van der Waals surface area contributed by atoms with E-state index >= 15 is 0 Å². The monoisotopic (exact) mass is 279 g/mol. The van der Waals surface area contributed by atoms with Gasteiger partial charge in [-0.2, -0.15) is 0 Å². The van der Waals surface area contributed by atoms with Crippen LogP contribution >= 0.6 is 0 Å². The normalized spacial score (nSPS) is 20.1. The average molecular weight is 279 g/mol. The SMILES string of the molecule is CC1(C)OB(c2cc(CO)cc([N+](=O)[O-])c2)OC1(C)C. The second-order valence-electron chi connectivity index (χ2n) is 5.94. The first kappa shape index (κ1) is 15.0. The fourth-order valence-corrected chi connectivity index (χ4v) is 2.01. The van der Waals surface area contributed by atoms with Gasteiger partial charge in [-0.1, -0.05) is 6.07 Å². The zero-order valence-electron chi connectivity index (χ0n) is 12.0. The van der Waals surface area contributed by atoms with E-state index in [2.05, 4.69) is 0 Å². The molecular formula is C13H18BNO5. The Labute approximate surface area is 118 Å². The summed E-state index contributed by atoms with van der Waals surface area (Å²) < 4.78 is 11.7. The van der Waals surface area contributed by atoms with Crippen molar-refractivity contribution >= 4 is 18.3 Å². The van der Waals surface area contributed by atoms with Crippen molar-refractivity contribution < 1.29 is 19.3 Å². The molecule has 108 valence electrons. The maximum absolute atomic E-state index is 10.9. The minimum absolute atomic E-state index is 0.0822. The molecule has 6 nitrogen and oxygen atoms in total. The minimum Gasteiger partial charge on any atom is -0.399 e. The molecule has 0 unspecified atom stereocenters. The first-order valence-corrected chi connectivity index (χ1v) is 6.41. The summed E-state index contributed by atoms with van der Waals surface area (Å²) in [4.78, 5) is 10.4. The van der Waals surface area contributed by atoms with Gasteiger partial charge in [0.2, 0.25) is 0 Å². The van der Waals surface area contributed by atoms with E-state index in [0.717, 1.165) is 0 Å². The molecule has 1 N–H and O–H groups in total. The lowest BCUT2D eigenvalue weighted by Gasteiger charge is -2.32. The largest absolute Gasteiger partial charge is 0.495 e. The molecule has 0 amide bonds. The Kier molecular flexibility index (Phi) is 3.62. The van der Waals surface area contributed by atoms with Crippen molar-refractivity contribution in [2.45, 2.75) is 45.5 Å². The number of hydrogen-bond donors (Lipinski definition) is 1. The summed E-state index contributed by atoms with van der Waals surface area (Å²) in [5, 5.41) is 20.1. The van der Waals surface area contributed by atoms with E-state index in [1.807, 2.05) is 27.7 Å². The Morgan fingerprint density at radius 3 is 2.20 bits per heavy atom. The van der Waals surface area contributed by atoms with E-state index < -0.39 is 23.2 Å². The molecule has 1 heterocycles. The highest BCUT2D eigenvalue weighted by atomic mass is 16.7. The number of hydrogen-bond acceptors (Lipinski definition) is 5. The lowest BCUT2D eigenvalue weighted by Crippen LogP contribution is -2.41. The van der Waals surface area contributed by atoms with E-state index in [4.69, 9.17) is 9.31 Å². The van der Waals surface area contributed by atoms with Gasteiger partial charge in [0.25, 0.3) is 5.69 Å². The van der Waals surface area contributed by atoms with Gasteiger partial charge >= 0.3 is 7.12 Å². The number of non-ortho nitro benzene ring substituents is 1. The third-order valence-electron chi connectivity index (χ3n) is 3.92. The second kappa shape index (κ2) is 4.84. The van der Waals surface area contributed by atoms with E-state index in [9.17, 15) is 15.2 Å². The summed E-state index contributed by atoms with van der Waals surface area (Å²) in [6.07, 6.45) is 0. The van der Waals surface area contributed by atoms with Gasteiger partial charge in [-0.25, -0.2) is 0 Å². The topological polar surface area (TPSA) is 81.8 Å². The van der Waals surface area contributed by atoms with Crippen LogP contribution in [0, 0.1) is 10.1 Å². The highest BCUT2D eigenvalue weighted by Gasteiger charge is 2.51. The van der Waals surface area contributed by atoms with Crippen LogP contribution in [0.15, 0.2) is 18.2 Å². The quantitative estimate of drug-likeness (QED) is 0.513. The van der Waals surface area contributed by atoms with Crippen LogP contribution in [-0.4, -0.2) is 28.4 Å². The van der Waals surface area contributed by atoms with E-state index in [0.29, 0.717) is 11.0 Å². The molecule has 0 aliphatic carbocycles. The van der Waals surface area contributed by atoms with Gasteiger partial charge in [-0.15, -0.1) is 0 Å². The number of aliphatic hydroxyl groups excluding tert-OH is 1. The molecule has 0 spiro atoms. The minimum atomic E-state index is -0.676. The fraction of sp³-hybridized carbons (Fsp3) is 0.538. The van der Waals surface area contributed by atoms with Gasteiger partial charge in [0, 0.05) is 12.1 Å². The molecule has 7 heteroatoms. The van der Waals surface area contributed by atoms with Crippen LogP contribution in [0.2, 0.25) is 0 Å². The molecule has 1 aliphatic heterocycles. The standard InChI is InChI=1S/C13H18BNO5/c1-12(2)13(3,4)20-14(19-12)10-5-9(8-16)6-11(7-10)15(17)18/h5-7,16H,8H2,1-4H3. The van der Waals surface area contributed by atoms with Crippen molar-refractivity contribution in [3.8, 4) is 0 Å². The fourth-order valence-electron chi connectivity index (χ4n) is 2.01. The molecule has 0 atom stereocenters. The average Bonchev–Trinajstić information content (AvgIpc) is 2.58. The van der Waals surface area contributed by atoms with Gasteiger partial charge in [0.15, 0.2) is 0 Å². The van der Waals surface area contributed by atoms with Gasteiger partial charge in [0.05, 0.1) is 22.7 Å². The predicted molar refractivity (Wildman–Crippen MR) is 74.7 cm³/mol. The lowest BCUT2D eigenvalue weighted by atomic mass is 9.78.